The maximum atomic E-state index is 12.7. The van der Waals surface area contributed by atoms with Gasteiger partial charge >= 0.3 is 0 Å². The van der Waals surface area contributed by atoms with E-state index in [4.69, 9.17) is 16.3 Å². The molecule has 0 bridgehead atoms. The van der Waals surface area contributed by atoms with Crippen LogP contribution in [-0.2, 0) is 10.0 Å². The minimum Gasteiger partial charge on any atom is -0.496 e. The summed E-state index contributed by atoms with van der Waals surface area (Å²) < 4.78 is 32.1. The van der Waals surface area contributed by atoms with Crippen molar-refractivity contribution in [1.82, 2.24) is 9.21 Å². The predicted molar refractivity (Wildman–Crippen MR) is 104 cm³/mol. The van der Waals surface area contributed by atoms with Gasteiger partial charge in [-0.3, -0.25) is 9.69 Å². The lowest BCUT2D eigenvalue weighted by Gasteiger charge is -2.33. The second-order valence-corrected chi connectivity index (χ2v) is 8.63. The summed E-state index contributed by atoms with van der Waals surface area (Å²) in [5.41, 5.74) is 0.538. The fourth-order valence-corrected chi connectivity index (χ4v) is 4.60. The number of methoxy groups -OCH3 is 1. The summed E-state index contributed by atoms with van der Waals surface area (Å²) in [4.78, 5) is 14.7. The normalized spacial score (nSPS) is 16.2. The zero-order valence-corrected chi connectivity index (χ0v) is 16.5. The predicted octanol–water partition coefficient (Wildman–Crippen LogP) is 2.54. The second-order valence-electron chi connectivity index (χ2n) is 6.26. The first kappa shape index (κ1) is 19.8. The molecule has 0 unspecified atom stereocenters. The number of sulfonamides is 1. The van der Waals surface area contributed by atoms with Gasteiger partial charge in [0.25, 0.3) is 0 Å². The zero-order valence-electron chi connectivity index (χ0n) is 15.0. The third-order valence-corrected chi connectivity index (χ3v) is 6.72. The quantitative estimate of drug-likeness (QED) is 0.687. The SMILES string of the molecule is COc1ccccc1C(=O)CN1CCN(S(=O)(=O)c2ccc(Cl)cc2)CC1. The van der Waals surface area contributed by atoms with E-state index < -0.39 is 10.0 Å². The van der Waals surface area contributed by atoms with Crippen LogP contribution in [0, 0.1) is 0 Å². The summed E-state index contributed by atoms with van der Waals surface area (Å²) >= 11 is 5.83. The maximum absolute atomic E-state index is 12.7. The summed E-state index contributed by atoms with van der Waals surface area (Å²) in [5, 5.41) is 0.494. The average Bonchev–Trinajstić information content (AvgIpc) is 2.68. The van der Waals surface area contributed by atoms with Gasteiger partial charge in [0.2, 0.25) is 10.0 Å². The first-order valence-corrected chi connectivity index (χ1v) is 10.4. The summed E-state index contributed by atoms with van der Waals surface area (Å²) in [5.74, 6) is 0.507. The highest BCUT2D eigenvalue weighted by atomic mass is 35.5. The number of nitrogens with zero attached hydrogens (tertiary/aromatic N) is 2. The van der Waals surface area contributed by atoms with E-state index in [0.717, 1.165) is 0 Å². The van der Waals surface area contributed by atoms with Gasteiger partial charge in [-0.1, -0.05) is 23.7 Å². The molecule has 1 heterocycles. The Labute approximate surface area is 164 Å². The van der Waals surface area contributed by atoms with Crippen molar-refractivity contribution < 1.29 is 17.9 Å². The summed E-state index contributed by atoms with van der Waals surface area (Å²) in [6.07, 6.45) is 0. The van der Waals surface area contributed by atoms with E-state index in [0.29, 0.717) is 42.5 Å². The number of hydrogen-bond donors (Lipinski definition) is 0. The van der Waals surface area contributed by atoms with E-state index in [-0.39, 0.29) is 17.2 Å². The summed E-state index contributed by atoms with van der Waals surface area (Å²) in [6, 6.07) is 13.3. The number of hydrogen-bond acceptors (Lipinski definition) is 5. The highest BCUT2D eigenvalue weighted by Crippen LogP contribution is 2.21. The highest BCUT2D eigenvalue weighted by molar-refractivity contribution is 7.89. The molecular formula is C19H21ClN2O4S. The van der Waals surface area contributed by atoms with E-state index in [1.54, 1.807) is 30.3 Å². The molecule has 0 spiro atoms. The summed E-state index contributed by atoms with van der Waals surface area (Å²) in [6.45, 7) is 1.89. The molecule has 0 atom stereocenters. The van der Waals surface area contributed by atoms with Crippen LogP contribution in [0.4, 0.5) is 0 Å². The number of para-hydroxylation sites is 1. The minimum atomic E-state index is -3.55. The van der Waals surface area contributed by atoms with Crippen LogP contribution in [0.3, 0.4) is 0 Å². The number of benzene rings is 2. The van der Waals surface area contributed by atoms with E-state index in [9.17, 15) is 13.2 Å². The lowest BCUT2D eigenvalue weighted by atomic mass is 10.1. The third kappa shape index (κ3) is 4.50. The van der Waals surface area contributed by atoms with Crippen molar-refractivity contribution in [2.75, 3.05) is 39.8 Å². The molecule has 1 fully saturated rings. The van der Waals surface area contributed by atoms with Gasteiger partial charge in [-0.15, -0.1) is 0 Å². The van der Waals surface area contributed by atoms with Crippen molar-refractivity contribution in [3.05, 3.63) is 59.1 Å². The topological polar surface area (TPSA) is 66.9 Å². The Morgan fingerprint density at radius 2 is 1.67 bits per heavy atom. The van der Waals surface area contributed by atoms with Crippen LogP contribution in [0.15, 0.2) is 53.4 Å². The minimum absolute atomic E-state index is 0.0403. The molecule has 8 heteroatoms. The van der Waals surface area contributed by atoms with Crippen molar-refractivity contribution in [2.45, 2.75) is 4.90 Å². The molecule has 6 nitrogen and oxygen atoms in total. The van der Waals surface area contributed by atoms with Gasteiger partial charge in [0.1, 0.15) is 5.75 Å². The van der Waals surface area contributed by atoms with E-state index in [1.165, 1.54) is 23.5 Å². The van der Waals surface area contributed by atoms with Gasteiger partial charge in [0.05, 0.1) is 24.1 Å². The fraction of sp³-hybridized carbons (Fsp3) is 0.316. The van der Waals surface area contributed by atoms with Gasteiger partial charge in [0.15, 0.2) is 5.78 Å². The number of halogens is 1. The van der Waals surface area contributed by atoms with Crippen LogP contribution in [0.5, 0.6) is 5.75 Å². The van der Waals surface area contributed by atoms with Gasteiger partial charge in [-0.25, -0.2) is 8.42 Å². The van der Waals surface area contributed by atoms with E-state index in [2.05, 4.69) is 0 Å². The van der Waals surface area contributed by atoms with Crippen molar-refractivity contribution >= 4 is 27.4 Å². The molecule has 144 valence electrons. The molecule has 1 saturated heterocycles. The third-order valence-electron chi connectivity index (χ3n) is 4.56. The van der Waals surface area contributed by atoms with Crippen molar-refractivity contribution in [1.29, 1.82) is 0 Å². The lowest BCUT2D eigenvalue weighted by molar-refractivity contribution is 0.0899. The molecule has 2 aromatic rings. The second kappa shape index (κ2) is 8.39. The largest absolute Gasteiger partial charge is 0.496 e. The Morgan fingerprint density at radius 1 is 1.04 bits per heavy atom. The van der Waals surface area contributed by atoms with Crippen LogP contribution in [-0.4, -0.2) is 63.2 Å². The van der Waals surface area contributed by atoms with Crippen LogP contribution < -0.4 is 4.74 Å². The van der Waals surface area contributed by atoms with Crippen molar-refractivity contribution in [3.8, 4) is 5.75 Å². The zero-order chi connectivity index (χ0) is 19.4. The van der Waals surface area contributed by atoms with Gasteiger partial charge in [-0.2, -0.15) is 4.31 Å². The molecule has 0 amide bonds. The van der Waals surface area contributed by atoms with Crippen molar-refractivity contribution in [3.63, 3.8) is 0 Å². The number of ether oxygens (including phenoxy) is 1. The van der Waals surface area contributed by atoms with Gasteiger partial charge in [0, 0.05) is 31.2 Å². The average molecular weight is 409 g/mol. The Hall–Kier alpha value is -1.93. The Morgan fingerprint density at radius 3 is 2.30 bits per heavy atom. The molecular weight excluding hydrogens is 388 g/mol. The molecule has 0 aliphatic carbocycles. The number of ketones is 1. The molecule has 3 rings (SSSR count). The van der Waals surface area contributed by atoms with E-state index in [1.807, 2.05) is 11.0 Å². The Balaban J connectivity index is 1.62. The molecule has 2 aromatic carbocycles. The molecule has 0 aromatic heterocycles. The molecule has 0 saturated carbocycles. The summed E-state index contributed by atoms with van der Waals surface area (Å²) in [7, 11) is -2.02. The maximum Gasteiger partial charge on any atom is 0.243 e. The van der Waals surface area contributed by atoms with Crippen LogP contribution >= 0.6 is 11.6 Å². The molecule has 1 aliphatic heterocycles. The van der Waals surface area contributed by atoms with E-state index >= 15 is 0 Å². The number of Topliss-reactive ketones (excluding diaryl/α,β-unsaturated/α-hetero) is 1. The number of carbonyl (C=O) groups is 1. The van der Waals surface area contributed by atoms with Crippen LogP contribution in [0.2, 0.25) is 5.02 Å². The first-order chi connectivity index (χ1) is 12.9. The molecule has 1 aliphatic rings. The Bertz CT molecular complexity index is 908. The Kier molecular flexibility index (Phi) is 6.16. The molecule has 27 heavy (non-hydrogen) atoms. The number of piperazine rings is 1. The first-order valence-electron chi connectivity index (χ1n) is 8.56. The van der Waals surface area contributed by atoms with Gasteiger partial charge in [-0.05, 0) is 36.4 Å². The number of carbonyl (C=O) groups excluding carboxylic acids is 1. The number of rotatable bonds is 6. The highest BCUT2D eigenvalue weighted by Gasteiger charge is 2.29. The fourth-order valence-electron chi connectivity index (χ4n) is 3.05. The van der Waals surface area contributed by atoms with Gasteiger partial charge < -0.3 is 4.74 Å². The van der Waals surface area contributed by atoms with Crippen LogP contribution in [0.1, 0.15) is 10.4 Å². The smallest absolute Gasteiger partial charge is 0.243 e. The molecule has 0 radical (unpaired) electrons. The van der Waals surface area contributed by atoms with Crippen LogP contribution in [0.25, 0.3) is 0 Å². The molecule has 0 N–H and O–H groups in total. The standard InChI is InChI=1S/C19H21ClN2O4S/c1-26-19-5-3-2-4-17(19)18(23)14-21-10-12-22(13-11-21)27(24,25)16-8-6-15(20)7-9-16/h2-9H,10-14H2,1H3. The van der Waals surface area contributed by atoms with Crippen molar-refractivity contribution in [2.24, 2.45) is 0 Å². The monoisotopic (exact) mass is 408 g/mol. The lowest BCUT2D eigenvalue weighted by Crippen LogP contribution is -2.49.